The molecule has 2 fully saturated rings. The number of carbonyl (C=O) groups excluding carboxylic acids is 1. The Kier molecular flexibility index (Phi) is 2.56. The van der Waals surface area contributed by atoms with Crippen molar-refractivity contribution < 1.29 is 19.0 Å². The Hall–Kier alpha value is -0.870. The summed E-state index contributed by atoms with van der Waals surface area (Å²) in [5.41, 5.74) is 0. The minimum Gasteiger partial charge on any atom is -0.457 e. The number of esters is 1. The lowest BCUT2D eigenvalue weighted by atomic mass is 10.0. The third-order valence-electron chi connectivity index (χ3n) is 2.49. The molecule has 4 nitrogen and oxygen atoms in total. The highest BCUT2D eigenvalue weighted by atomic mass is 16.7. The maximum absolute atomic E-state index is 10.7. The van der Waals surface area contributed by atoms with E-state index in [1.807, 2.05) is 6.08 Å². The van der Waals surface area contributed by atoms with Gasteiger partial charge in [0, 0.05) is 6.92 Å². The van der Waals surface area contributed by atoms with Crippen LogP contribution in [0.25, 0.3) is 0 Å². The van der Waals surface area contributed by atoms with Gasteiger partial charge in [-0.2, -0.15) is 0 Å². The zero-order valence-corrected chi connectivity index (χ0v) is 8.14. The van der Waals surface area contributed by atoms with Crippen LogP contribution in [0.1, 0.15) is 13.3 Å². The summed E-state index contributed by atoms with van der Waals surface area (Å²) in [5, 5.41) is 0. The van der Waals surface area contributed by atoms with Crippen LogP contribution < -0.4 is 0 Å². The summed E-state index contributed by atoms with van der Waals surface area (Å²) in [6.07, 6.45) is 2.59. The molecule has 0 aliphatic carbocycles. The summed E-state index contributed by atoms with van der Waals surface area (Å²) in [7, 11) is 0. The Balaban J connectivity index is 1.87. The number of rotatable bonds is 3. The molecule has 14 heavy (non-hydrogen) atoms. The first-order valence-electron chi connectivity index (χ1n) is 4.77. The highest BCUT2D eigenvalue weighted by molar-refractivity contribution is 5.66. The van der Waals surface area contributed by atoms with E-state index in [9.17, 15) is 4.79 Å². The average molecular weight is 198 g/mol. The molecule has 2 aliphatic heterocycles. The number of ether oxygens (including phenoxy) is 3. The molecule has 2 heterocycles. The van der Waals surface area contributed by atoms with Gasteiger partial charge in [0.25, 0.3) is 0 Å². The third-order valence-corrected chi connectivity index (χ3v) is 2.49. The maximum Gasteiger partial charge on any atom is 0.303 e. The lowest BCUT2D eigenvalue weighted by Crippen LogP contribution is -2.39. The number of epoxide rings is 1. The topological polar surface area (TPSA) is 48.1 Å². The van der Waals surface area contributed by atoms with Gasteiger partial charge < -0.3 is 14.2 Å². The van der Waals surface area contributed by atoms with E-state index >= 15 is 0 Å². The highest BCUT2D eigenvalue weighted by Crippen LogP contribution is 2.37. The van der Waals surface area contributed by atoms with Crippen molar-refractivity contribution in [2.24, 2.45) is 0 Å². The smallest absolute Gasteiger partial charge is 0.303 e. The molecular formula is C10H14O4. The van der Waals surface area contributed by atoms with Gasteiger partial charge in [0.15, 0.2) is 6.10 Å². The van der Waals surface area contributed by atoms with Crippen LogP contribution in [0.5, 0.6) is 0 Å². The summed E-state index contributed by atoms with van der Waals surface area (Å²) in [5.74, 6) is -0.282. The Morgan fingerprint density at radius 2 is 2.43 bits per heavy atom. The molecule has 0 spiro atoms. The lowest BCUT2D eigenvalue weighted by Gasteiger charge is -2.24. The van der Waals surface area contributed by atoms with Crippen molar-refractivity contribution in [3.63, 3.8) is 0 Å². The van der Waals surface area contributed by atoms with E-state index in [2.05, 4.69) is 6.58 Å². The van der Waals surface area contributed by atoms with Crippen molar-refractivity contribution in [1.82, 2.24) is 0 Å². The largest absolute Gasteiger partial charge is 0.457 e. The van der Waals surface area contributed by atoms with Crippen LogP contribution in [0.15, 0.2) is 12.7 Å². The summed E-state index contributed by atoms with van der Waals surface area (Å²) >= 11 is 0. The fraction of sp³-hybridized carbons (Fsp3) is 0.700. The van der Waals surface area contributed by atoms with Crippen molar-refractivity contribution in [3.8, 4) is 0 Å². The molecule has 0 aromatic heterocycles. The molecule has 2 aliphatic rings. The van der Waals surface area contributed by atoms with Crippen LogP contribution in [0.2, 0.25) is 0 Å². The van der Waals surface area contributed by atoms with Crippen molar-refractivity contribution in [2.45, 2.75) is 37.8 Å². The van der Waals surface area contributed by atoms with Gasteiger partial charge in [-0.15, -0.1) is 6.58 Å². The number of hydrogen-bond acceptors (Lipinski definition) is 4. The molecule has 2 saturated heterocycles. The Morgan fingerprint density at radius 1 is 1.64 bits per heavy atom. The summed E-state index contributed by atoms with van der Waals surface area (Å²) in [6.45, 7) is 5.48. The van der Waals surface area contributed by atoms with Crippen LogP contribution in [0, 0.1) is 0 Å². The molecule has 0 amide bonds. The predicted molar refractivity (Wildman–Crippen MR) is 48.8 cm³/mol. The van der Waals surface area contributed by atoms with Gasteiger partial charge in [0.05, 0.1) is 12.7 Å². The molecule has 0 aromatic carbocycles. The van der Waals surface area contributed by atoms with Crippen molar-refractivity contribution in [2.75, 3.05) is 6.61 Å². The summed E-state index contributed by atoms with van der Waals surface area (Å²) in [6, 6.07) is 0. The van der Waals surface area contributed by atoms with Crippen LogP contribution in [-0.4, -0.2) is 37.0 Å². The average Bonchev–Trinajstić information content (AvgIpc) is 2.88. The van der Waals surface area contributed by atoms with Gasteiger partial charge in [-0.05, 0) is 6.42 Å². The summed E-state index contributed by atoms with van der Waals surface area (Å²) < 4.78 is 16.0. The first kappa shape index (κ1) is 9.68. The monoisotopic (exact) mass is 198 g/mol. The second-order valence-electron chi connectivity index (χ2n) is 3.61. The standard InChI is InChI=1S/C10H14O4/c1-3-4-7-9-10(14-9)8(5-12-7)13-6(2)11/h3,7-10H,1,4-5H2,2H3/t7-,8+,9-,10+/m1/s1. The zero-order valence-electron chi connectivity index (χ0n) is 8.14. The van der Waals surface area contributed by atoms with Crippen LogP contribution in [0.3, 0.4) is 0 Å². The fourth-order valence-electron chi connectivity index (χ4n) is 1.82. The van der Waals surface area contributed by atoms with E-state index in [0.717, 1.165) is 6.42 Å². The fourth-order valence-corrected chi connectivity index (χ4v) is 1.82. The van der Waals surface area contributed by atoms with E-state index in [4.69, 9.17) is 14.2 Å². The second kappa shape index (κ2) is 3.71. The molecule has 78 valence electrons. The summed E-state index contributed by atoms with van der Waals surface area (Å²) in [4.78, 5) is 10.7. The van der Waals surface area contributed by atoms with Crippen LogP contribution >= 0.6 is 0 Å². The Labute approximate surface area is 82.8 Å². The molecule has 0 N–H and O–H groups in total. The minimum absolute atomic E-state index is 0.0394. The van der Waals surface area contributed by atoms with Crippen LogP contribution in [-0.2, 0) is 19.0 Å². The van der Waals surface area contributed by atoms with Gasteiger partial charge >= 0.3 is 5.97 Å². The molecule has 0 unspecified atom stereocenters. The molecule has 4 atom stereocenters. The van der Waals surface area contributed by atoms with E-state index in [0.29, 0.717) is 6.61 Å². The number of carbonyl (C=O) groups is 1. The number of hydrogen-bond donors (Lipinski definition) is 0. The quantitative estimate of drug-likeness (QED) is 0.380. The molecule has 0 aromatic rings. The van der Waals surface area contributed by atoms with E-state index < -0.39 is 0 Å². The second-order valence-corrected chi connectivity index (χ2v) is 3.61. The van der Waals surface area contributed by atoms with Gasteiger partial charge in [-0.3, -0.25) is 4.79 Å². The van der Waals surface area contributed by atoms with Crippen LogP contribution in [0.4, 0.5) is 0 Å². The zero-order chi connectivity index (χ0) is 10.1. The van der Waals surface area contributed by atoms with Gasteiger partial charge in [0.2, 0.25) is 0 Å². The van der Waals surface area contributed by atoms with E-state index in [1.54, 1.807) is 0 Å². The Bertz CT molecular complexity index is 251. The SMILES string of the molecule is C=CC[C@H]1OC[C@H](OC(C)=O)[C@@H]2O[C@@H]21. The van der Waals surface area contributed by atoms with Crippen molar-refractivity contribution in [3.05, 3.63) is 12.7 Å². The van der Waals surface area contributed by atoms with Gasteiger partial charge in [-0.25, -0.2) is 0 Å². The maximum atomic E-state index is 10.7. The first-order valence-corrected chi connectivity index (χ1v) is 4.77. The highest BCUT2D eigenvalue weighted by Gasteiger charge is 2.54. The predicted octanol–water partition coefficient (Wildman–Crippen LogP) is 0.660. The molecule has 0 radical (unpaired) electrons. The molecule has 2 rings (SSSR count). The van der Waals surface area contributed by atoms with E-state index in [1.165, 1.54) is 6.92 Å². The number of fused-ring (bicyclic) bond motifs is 1. The van der Waals surface area contributed by atoms with E-state index in [-0.39, 0.29) is 30.4 Å². The Morgan fingerprint density at radius 3 is 3.07 bits per heavy atom. The first-order chi connectivity index (χ1) is 6.72. The van der Waals surface area contributed by atoms with Crippen molar-refractivity contribution >= 4 is 5.97 Å². The molecule has 4 heteroatoms. The molecule has 0 bridgehead atoms. The minimum atomic E-state index is -0.282. The van der Waals surface area contributed by atoms with Gasteiger partial charge in [-0.1, -0.05) is 6.08 Å². The van der Waals surface area contributed by atoms with Crippen molar-refractivity contribution in [1.29, 1.82) is 0 Å². The molecule has 0 saturated carbocycles. The van der Waals surface area contributed by atoms with Gasteiger partial charge in [0.1, 0.15) is 12.2 Å². The normalized spacial score (nSPS) is 39.8. The molecular weight excluding hydrogens is 184 g/mol. The lowest BCUT2D eigenvalue weighted by molar-refractivity contribution is -0.153. The third kappa shape index (κ3) is 1.81.